The van der Waals surface area contributed by atoms with Crippen molar-refractivity contribution in [2.24, 2.45) is 0 Å². The van der Waals surface area contributed by atoms with Gasteiger partial charge in [0.15, 0.2) is 0 Å². The summed E-state index contributed by atoms with van der Waals surface area (Å²) >= 11 is 7.53. The Bertz CT molecular complexity index is 738. The molecule has 0 atom stereocenters. The minimum absolute atomic E-state index is 0.116. The number of hydrogen-bond donors (Lipinski definition) is 2. The molecule has 1 aromatic heterocycles. The summed E-state index contributed by atoms with van der Waals surface area (Å²) in [6, 6.07) is 8.77. The molecule has 1 aliphatic carbocycles. The first-order valence-electron chi connectivity index (χ1n) is 8.59. The summed E-state index contributed by atoms with van der Waals surface area (Å²) < 4.78 is 0. The van der Waals surface area contributed by atoms with Crippen LogP contribution >= 0.6 is 22.9 Å². The maximum absolute atomic E-state index is 12.5. The fourth-order valence-corrected chi connectivity index (χ4v) is 3.83. The molecule has 25 heavy (non-hydrogen) atoms. The SMILES string of the molecule is O=C(NC1CCCCCC1)c1ccc(Cl)c(NC(=O)c2cccs2)c1. The summed E-state index contributed by atoms with van der Waals surface area (Å²) in [6.45, 7) is 0. The Morgan fingerprint density at radius 2 is 1.80 bits per heavy atom. The Hall–Kier alpha value is -1.85. The van der Waals surface area contributed by atoms with E-state index in [1.165, 1.54) is 24.2 Å². The molecule has 2 N–H and O–H groups in total. The molecule has 0 aliphatic heterocycles. The first-order chi connectivity index (χ1) is 12.1. The van der Waals surface area contributed by atoms with E-state index in [-0.39, 0.29) is 17.9 Å². The van der Waals surface area contributed by atoms with Gasteiger partial charge in [-0.1, -0.05) is 43.4 Å². The molecule has 1 saturated carbocycles. The van der Waals surface area contributed by atoms with Crippen molar-refractivity contribution in [3.8, 4) is 0 Å². The van der Waals surface area contributed by atoms with Crippen LogP contribution in [0.1, 0.15) is 58.6 Å². The lowest BCUT2D eigenvalue weighted by atomic mass is 10.1. The van der Waals surface area contributed by atoms with E-state index in [2.05, 4.69) is 10.6 Å². The van der Waals surface area contributed by atoms with Crippen molar-refractivity contribution in [2.75, 3.05) is 5.32 Å². The fourth-order valence-electron chi connectivity index (χ4n) is 3.05. The number of rotatable bonds is 4. The Kier molecular flexibility index (Phi) is 6.10. The lowest BCUT2D eigenvalue weighted by Crippen LogP contribution is -2.34. The van der Waals surface area contributed by atoms with E-state index in [1.807, 2.05) is 11.4 Å². The standard InChI is InChI=1S/C19H21ClN2O2S/c20-15-10-9-13(18(23)21-14-6-3-1-2-4-7-14)12-16(15)22-19(24)17-8-5-11-25-17/h5,8-12,14H,1-4,6-7H2,(H,21,23)(H,22,24). The molecule has 0 radical (unpaired) electrons. The highest BCUT2D eigenvalue weighted by atomic mass is 35.5. The van der Waals surface area contributed by atoms with Gasteiger partial charge in [-0.25, -0.2) is 0 Å². The number of carbonyl (C=O) groups is 2. The van der Waals surface area contributed by atoms with Gasteiger partial charge in [0.25, 0.3) is 11.8 Å². The molecule has 0 bridgehead atoms. The second-order valence-electron chi connectivity index (χ2n) is 6.29. The second kappa shape index (κ2) is 8.50. The molecule has 3 rings (SSSR count). The van der Waals surface area contributed by atoms with Crippen molar-refractivity contribution in [3.05, 3.63) is 51.2 Å². The summed E-state index contributed by atoms with van der Waals surface area (Å²) in [5, 5.41) is 8.14. The molecule has 0 spiro atoms. The third-order valence-corrected chi connectivity index (χ3v) is 5.61. The predicted molar refractivity (Wildman–Crippen MR) is 103 cm³/mol. The molecular weight excluding hydrogens is 356 g/mol. The van der Waals surface area contributed by atoms with E-state index in [0.717, 1.165) is 25.7 Å². The number of nitrogens with one attached hydrogen (secondary N) is 2. The monoisotopic (exact) mass is 376 g/mol. The molecule has 132 valence electrons. The maximum Gasteiger partial charge on any atom is 0.265 e. The first kappa shape index (κ1) is 18.0. The third-order valence-electron chi connectivity index (χ3n) is 4.41. The largest absolute Gasteiger partial charge is 0.349 e. The minimum atomic E-state index is -0.224. The number of anilines is 1. The van der Waals surface area contributed by atoms with Crippen LogP contribution in [0.15, 0.2) is 35.7 Å². The molecule has 0 saturated heterocycles. The van der Waals surface area contributed by atoms with Gasteiger partial charge in [-0.2, -0.15) is 0 Å². The van der Waals surface area contributed by atoms with E-state index < -0.39 is 0 Å². The molecule has 1 heterocycles. The highest BCUT2D eigenvalue weighted by Gasteiger charge is 2.17. The summed E-state index contributed by atoms with van der Waals surface area (Å²) in [5.41, 5.74) is 0.962. The number of halogens is 1. The van der Waals surface area contributed by atoms with Gasteiger partial charge in [0.05, 0.1) is 15.6 Å². The van der Waals surface area contributed by atoms with Gasteiger partial charge < -0.3 is 10.6 Å². The van der Waals surface area contributed by atoms with E-state index in [0.29, 0.717) is 21.2 Å². The van der Waals surface area contributed by atoms with Crippen LogP contribution in [0.3, 0.4) is 0 Å². The fraction of sp³-hybridized carbons (Fsp3) is 0.368. The van der Waals surface area contributed by atoms with Gasteiger partial charge >= 0.3 is 0 Å². The van der Waals surface area contributed by atoms with Crippen LogP contribution < -0.4 is 10.6 Å². The van der Waals surface area contributed by atoms with Crippen LogP contribution in [0.25, 0.3) is 0 Å². The van der Waals surface area contributed by atoms with Crippen molar-refractivity contribution < 1.29 is 9.59 Å². The molecule has 1 fully saturated rings. The number of carbonyl (C=O) groups excluding carboxylic acids is 2. The van der Waals surface area contributed by atoms with Gasteiger partial charge in [-0.15, -0.1) is 11.3 Å². The molecule has 6 heteroatoms. The molecule has 2 amide bonds. The normalized spacial score (nSPS) is 15.4. The maximum atomic E-state index is 12.5. The van der Waals surface area contributed by atoms with E-state index in [1.54, 1.807) is 24.3 Å². The summed E-state index contributed by atoms with van der Waals surface area (Å²) in [6.07, 6.45) is 6.86. The zero-order valence-corrected chi connectivity index (χ0v) is 15.5. The Morgan fingerprint density at radius 3 is 2.48 bits per heavy atom. The van der Waals surface area contributed by atoms with Gasteiger partial charge in [0.2, 0.25) is 0 Å². The van der Waals surface area contributed by atoms with E-state index in [9.17, 15) is 9.59 Å². The smallest absolute Gasteiger partial charge is 0.265 e. The lowest BCUT2D eigenvalue weighted by Gasteiger charge is -2.17. The molecule has 2 aromatic rings. The number of amides is 2. The van der Waals surface area contributed by atoms with Gasteiger partial charge in [0, 0.05) is 11.6 Å². The molecule has 4 nitrogen and oxygen atoms in total. The third kappa shape index (κ3) is 4.83. The van der Waals surface area contributed by atoms with Gasteiger partial charge in [-0.3, -0.25) is 9.59 Å². The van der Waals surface area contributed by atoms with Gasteiger partial charge in [-0.05, 0) is 42.5 Å². The molecule has 1 aromatic carbocycles. The number of thiophene rings is 1. The zero-order valence-electron chi connectivity index (χ0n) is 13.9. The zero-order chi connectivity index (χ0) is 17.6. The van der Waals surface area contributed by atoms with Gasteiger partial charge in [0.1, 0.15) is 0 Å². The van der Waals surface area contributed by atoms with Crippen LogP contribution in [0.4, 0.5) is 5.69 Å². The predicted octanol–water partition coefficient (Wildman–Crippen LogP) is 5.11. The van der Waals surface area contributed by atoms with Crippen molar-refractivity contribution in [1.82, 2.24) is 5.32 Å². The summed E-state index contributed by atoms with van der Waals surface area (Å²) in [4.78, 5) is 25.3. The highest BCUT2D eigenvalue weighted by molar-refractivity contribution is 7.12. The molecule has 1 aliphatic rings. The topological polar surface area (TPSA) is 58.2 Å². The van der Waals surface area contributed by atoms with E-state index >= 15 is 0 Å². The van der Waals surface area contributed by atoms with Crippen molar-refractivity contribution in [2.45, 2.75) is 44.6 Å². The minimum Gasteiger partial charge on any atom is -0.349 e. The van der Waals surface area contributed by atoms with Crippen LogP contribution in [-0.4, -0.2) is 17.9 Å². The summed E-state index contributed by atoms with van der Waals surface area (Å²) in [5.74, 6) is -0.339. The first-order valence-corrected chi connectivity index (χ1v) is 9.84. The summed E-state index contributed by atoms with van der Waals surface area (Å²) in [7, 11) is 0. The van der Waals surface area contributed by atoms with Crippen molar-refractivity contribution in [1.29, 1.82) is 0 Å². The number of hydrogen-bond acceptors (Lipinski definition) is 3. The molecular formula is C19H21ClN2O2S. The Morgan fingerprint density at radius 1 is 1.04 bits per heavy atom. The van der Waals surface area contributed by atoms with Crippen molar-refractivity contribution >= 4 is 40.4 Å². The highest BCUT2D eigenvalue weighted by Crippen LogP contribution is 2.25. The Balaban J connectivity index is 1.69. The van der Waals surface area contributed by atoms with Crippen LogP contribution in [-0.2, 0) is 0 Å². The number of benzene rings is 1. The lowest BCUT2D eigenvalue weighted by molar-refractivity contribution is 0.0932. The quantitative estimate of drug-likeness (QED) is 0.728. The average Bonchev–Trinajstić information content (AvgIpc) is 3.03. The second-order valence-corrected chi connectivity index (χ2v) is 7.64. The Labute approximate surface area is 156 Å². The van der Waals surface area contributed by atoms with Crippen LogP contribution in [0.2, 0.25) is 5.02 Å². The average molecular weight is 377 g/mol. The molecule has 0 unspecified atom stereocenters. The van der Waals surface area contributed by atoms with E-state index in [4.69, 9.17) is 11.6 Å². The van der Waals surface area contributed by atoms with Crippen molar-refractivity contribution in [3.63, 3.8) is 0 Å². The van der Waals surface area contributed by atoms with Crippen LogP contribution in [0, 0.1) is 0 Å². The van der Waals surface area contributed by atoms with Crippen LogP contribution in [0.5, 0.6) is 0 Å².